The van der Waals surface area contributed by atoms with Crippen molar-refractivity contribution in [2.45, 2.75) is 153 Å². The molecule has 2 rings (SSSR count). The lowest BCUT2D eigenvalue weighted by atomic mass is 9.99. The number of aromatic hydroxyl groups is 1. The number of carboxylic acids is 2. The molecule has 28 heteroatoms. The third kappa shape index (κ3) is 20.8. The normalized spacial score (nSPS) is 16.8. The molecule has 1 aliphatic rings. The Bertz CT molecular complexity index is 2200. The number of nitrogens with zero attached hydrogens (tertiary/aromatic N) is 2. The van der Waals surface area contributed by atoms with Gasteiger partial charge in [0.15, 0.2) is 5.96 Å². The zero-order chi connectivity index (χ0) is 56.1. The predicted octanol–water partition coefficient (Wildman–Crippen LogP) is -4.76. The van der Waals surface area contributed by atoms with Gasteiger partial charge in [0.05, 0.1) is 18.9 Å². The molecule has 9 amide bonds. The molecule has 1 aliphatic heterocycles. The topological polar surface area (TPSA) is 473 Å². The number of benzene rings is 1. The number of rotatable bonds is 30. The molecule has 0 radical (unpaired) electrons. The first-order valence-electron chi connectivity index (χ1n) is 24.0. The summed E-state index contributed by atoms with van der Waals surface area (Å²) in [5, 5.41) is 55.8. The molecule has 19 N–H and O–H groups in total. The molecule has 10 atom stereocenters. The lowest BCUT2D eigenvalue weighted by Crippen LogP contribution is -2.61. The van der Waals surface area contributed by atoms with Crippen LogP contribution >= 0.6 is 0 Å². The van der Waals surface area contributed by atoms with E-state index in [0.717, 1.165) is 0 Å². The summed E-state index contributed by atoms with van der Waals surface area (Å²) in [5.74, 6) is -12.5. The van der Waals surface area contributed by atoms with Crippen molar-refractivity contribution in [1.82, 2.24) is 42.1 Å². The molecule has 0 aromatic heterocycles. The van der Waals surface area contributed by atoms with Gasteiger partial charge in [0.25, 0.3) is 0 Å². The summed E-state index contributed by atoms with van der Waals surface area (Å²) in [7, 11) is 0. The minimum atomic E-state index is -1.74. The fraction of sp³-hybridized carbons (Fsp3) is 0.609. The second kappa shape index (κ2) is 29.8. The van der Waals surface area contributed by atoms with Crippen LogP contribution in [0.1, 0.15) is 92.1 Å². The van der Waals surface area contributed by atoms with Crippen LogP contribution in [0, 0.1) is 11.8 Å². The first-order chi connectivity index (χ1) is 34.5. The maximum atomic E-state index is 14.2. The highest BCUT2D eigenvalue weighted by molar-refractivity contribution is 5.99. The molecular formula is C46H73N13O15. The highest BCUT2D eigenvalue weighted by atomic mass is 16.4. The van der Waals surface area contributed by atoms with Gasteiger partial charge < -0.3 is 85.5 Å². The molecule has 0 saturated carbocycles. The Balaban J connectivity index is 2.36. The number of guanidine groups is 1. The van der Waals surface area contributed by atoms with E-state index in [-0.39, 0.29) is 62.8 Å². The van der Waals surface area contributed by atoms with Crippen molar-refractivity contribution in [1.29, 1.82) is 0 Å². The van der Waals surface area contributed by atoms with Gasteiger partial charge >= 0.3 is 11.9 Å². The Morgan fingerprint density at radius 3 is 1.78 bits per heavy atom. The van der Waals surface area contributed by atoms with Crippen LogP contribution in [-0.2, 0) is 59.2 Å². The molecule has 0 spiro atoms. The molecule has 0 bridgehead atoms. The summed E-state index contributed by atoms with van der Waals surface area (Å²) in [5.41, 5.74) is 22.1. The van der Waals surface area contributed by atoms with Gasteiger partial charge in [-0.15, -0.1) is 0 Å². The van der Waals surface area contributed by atoms with Crippen molar-refractivity contribution in [3.8, 4) is 5.75 Å². The van der Waals surface area contributed by atoms with Crippen molar-refractivity contribution in [2.24, 2.45) is 39.8 Å². The molecule has 1 heterocycles. The second-order valence-corrected chi connectivity index (χ2v) is 18.8. The van der Waals surface area contributed by atoms with Gasteiger partial charge in [0.1, 0.15) is 60.1 Å². The number of phenols is 1. The largest absolute Gasteiger partial charge is 0.508 e. The number of aliphatic imine (C=N–C) groups is 1. The van der Waals surface area contributed by atoms with Crippen LogP contribution in [-0.4, -0.2) is 170 Å². The number of aliphatic hydroxyl groups is 1. The Morgan fingerprint density at radius 2 is 1.24 bits per heavy atom. The van der Waals surface area contributed by atoms with E-state index in [1.807, 2.05) is 0 Å². The standard InChI is InChI=1S/C46H73N13O15/c1-21(2)17-30(56-39(67)29(20-34(63)64)55-42(70)35(48)24(6)60)44(72)59-16-8-10-32(59)41(69)52-23(5)37(65)54-28(18-25-11-13-26(61)14-12-25)40(68)58-36(22(3)4)43(71)53-27(9-7-15-51-46(49)50)38(66)57-31(45(73)74)19-33(47)62/h11-14,21-24,27-32,35-36,60-61H,7-10,15-20,48H2,1-6H3,(H2,47,62)(H,52,69)(H,53,71)(H,54,65)(H,55,70)(H,56,67)(H,57,66)(H,58,68)(H,63,64)(H,73,74)(H4,49,50,51)/t23-,24+,27-,28-,29-,30-,31-,32-,35-,36-/m0/s1. The van der Waals surface area contributed by atoms with E-state index in [4.69, 9.17) is 22.9 Å². The monoisotopic (exact) mass is 1050 g/mol. The van der Waals surface area contributed by atoms with Gasteiger partial charge in [-0.2, -0.15) is 0 Å². The zero-order valence-corrected chi connectivity index (χ0v) is 42.3. The zero-order valence-electron chi connectivity index (χ0n) is 42.3. The van der Waals surface area contributed by atoms with Crippen LogP contribution < -0.4 is 60.2 Å². The first-order valence-corrected chi connectivity index (χ1v) is 24.0. The minimum Gasteiger partial charge on any atom is -0.508 e. The number of carbonyl (C=O) groups excluding carboxylic acids is 9. The smallest absolute Gasteiger partial charge is 0.326 e. The van der Waals surface area contributed by atoms with E-state index >= 15 is 0 Å². The van der Waals surface area contributed by atoms with E-state index in [2.05, 4.69) is 42.2 Å². The van der Waals surface area contributed by atoms with Gasteiger partial charge in [-0.05, 0) is 75.5 Å². The van der Waals surface area contributed by atoms with E-state index in [1.54, 1.807) is 27.7 Å². The quantitative estimate of drug-likeness (QED) is 0.0195. The SMILES string of the molecule is CC(C)C[C@H](NC(=O)[C@H](CC(=O)O)NC(=O)[C@@H](N)[C@@H](C)O)C(=O)N1CCC[C@H]1C(=O)N[C@@H](C)C(=O)N[C@@H](Cc1ccc(O)cc1)C(=O)N[C@H](C(=O)N[C@@H](CCCN=C(N)N)C(=O)N[C@@H](CC(N)=O)C(=O)O)C(C)C. The van der Waals surface area contributed by atoms with Gasteiger partial charge in [-0.3, -0.25) is 52.9 Å². The van der Waals surface area contributed by atoms with E-state index in [9.17, 15) is 73.2 Å². The van der Waals surface area contributed by atoms with E-state index < -0.39 is 144 Å². The average Bonchev–Trinajstić information content (AvgIpc) is 3.80. The number of hydrogen-bond donors (Lipinski definition) is 15. The lowest BCUT2D eigenvalue weighted by molar-refractivity contribution is -0.144. The molecular weight excluding hydrogens is 975 g/mol. The van der Waals surface area contributed by atoms with Gasteiger partial charge in [-0.25, -0.2) is 4.79 Å². The highest BCUT2D eigenvalue weighted by Gasteiger charge is 2.40. The van der Waals surface area contributed by atoms with Crippen LogP contribution in [0.3, 0.4) is 0 Å². The molecule has 1 aromatic rings. The van der Waals surface area contributed by atoms with Crippen molar-refractivity contribution in [2.75, 3.05) is 13.1 Å². The molecule has 1 saturated heterocycles. The molecule has 28 nitrogen and oxygen atoms in total. The van der Waals surface area contributed by atoms with Gasteiger partial charge in [-0.1, -0.05) is 39.8 Å². The van der Waals surface area contributed by atoms with Crippen LogP contribution in [0.2, 0.25) is 0 Å². The third-order valence-electron chi connectivity index (χ3n) is 11.6. The summed E-state index contributed by atoms with van der Waals surface area (Å²) in [4.78, 5) is 149. The van der Waals surface area contributed by atoms with Crippen LogP contribution in [0.5, 0.6) is 5.75 Å². The molecule has 1 fully saturated rings. The first kappa shape index (κ1) is 62.5. The Hall–Kier alpha value is -7.62. The van der Waals surface area contributed by atoms with Crippen LogP contribution in [0.15, 0.2) is 29.3 Å². The molecule has 0 aliphatic carbocycles. The third-order valence-corrected chi connectivity index (χ3v) is 11.6. The maximum Gasteiger partial charge on any atom is 0.326 e. The van der Waals surface area contributed by atoms with Crippen LogP contribution in [0.25, 0.3) is 0 Å². The average molecular weight is 1050 g/mol. The lowest BCUT2D eigenvalue weighted by Gasteiger charge is -2.31. The van der Waals surface area contributed by atoms with Crippen molar-refractivity contribution >= 4 is 71.1 Å². The molecule has 74 heavy (non-hydrogen) atoms. The predicted molar refractivity (Wildman–Crippen MR) is 263 cm³/mol. The van der Waals surface area contributed by atoms with Crippen molar-refractivity contribution < 1.29 is 73.2 Å². The summed E-state index contributed by atoms with van der Waals surface area (Å²) in [6.45, 7) is 9.24. The Kier molecular flexibility index (Phi) is 25.2. The second-order valence-electron chi connectivity index (χ2n) is 18.8. The summed E-state index contributed by atoms with van der Waals surface area (Å²) in [6, 6.07) is -7.41. The van der Waals surface area contributed by atoms with E-state index in [1.165, 1.54) is 43.0 Å². The van der Waals surface area contributed by atoms with Crippen molar-refractivity contribution in [3.05, 3.63) is 29.8 Å². The summed E-state index contributed by atoms with van der Waals surface area (Å²) < 4.78 is 0. The number of aliphatic carboxylic acids is 2. The molecule has 0 unspecified atom stereocenters. The number of nitrogens with one attached hydrogen (secondary N) is 7. The van der Waals surface area contributed by atoms with Crippen molar-refractivity contribution in [3.63, 3.8) is 0 Å². The summed E-state index contributed by atoms with van der Waals surface area (Å²) in [6.07, 6.45) is -2.74. The number of likely N-dealkylation sites (tertiary alicyclic amines) is 1. The maximum absolute atomic E-state index is 14.2. The Morgan fingerprint density at radius 1 is 0.689 bits per heavy atom. The number of nitrogens with two attached hydrogens (primary N) is 4. The van der Waals surface area contributed by atoms with Crippen LogP contribution in [0.4, 0.5) is 0 Å². The molecule has 1 aromatic carbocycles. The van der Waals surface area contributed by atoms with Gasteiger partial charge in [0.2, 0.25) is 53.2 Å². The number of hydrogen-bond acceptors (Lipinski definition) is 15. The fourth-order valence-corrected chi connectivity index (χ4v) is 7.58. The fourth-order valence-electron chi connectivity index (χ4n) is 7.58. The number of phenolic OH excluding ortho intramolecular Hbond substituents is 1. The number of aliphatic hydroxyl groups excluding tert-OH is 1. The van der Waals surface area contributed by atoms with E-state index in [0.29, 0.717) is 12.0 Å². The highest BCUT2D eigenvalue weighted by Crippen LogP contribution is 2.21. The number of primary amides is 1. The number of carboxylic acid groups (broad SMARTS) is 2. The Labute approximate surface area is 427 Å². The van der Waals surface area contributed by atoms with Gasteiger partial charge in [0, 0.05) is 19.5 Å². The molecule has 412 valence electrons. The number of amides is 9. The summed E-state index contributed by atoms with van der Waals surface area (Å²) >= 11 is 0. The number of carbonyl (C=O) groups is 11. The minimum absolute atomic E-state index is 0.00761.